The molecule has 1 aliphatic rings. The zero-order valence-electron chi connectivity index (χ0n) is 8.81. The van der Waals surface area contributed by atoms with Crippen LogP contribution in [0.5, 0.6) is 5.75 Å². The molecule has 0 bridgehead atoms. The molecule has 0 spiro atoms. The Bertz CT molecular complexity index is 424. The number of alkyl halides is 3. The molecule has 2 rings (SSSR count). The van der Waals surface area contributed by atoms with Crippen LogP contribution in [-0.4, -0.2) is 11.7 Å². The summed E-state index contributed by atoms with van der Waals surface area (Å²) in [6.07, 6.45) is -3.43. The van der Waals surface area contributed by atoms with Crippen LogP contribution >= 0.6 is 0 Å². The van der Waals surface area contributed by atoms with Gasteiger partial charge in [-0.3, -0.25) is 0 Å². The molecule has 17 heavy (non-hydrogen) atoms. The zero-order valence-corrected chi connectivity index (χ0v) is 8.81. The lowest BCUT2D eigenvalue weighted by atomic mass is 9.97. The van der Waals surface area contributed by atoms with Gasteiger partial charge in [-0.25, -0.2) is 4.39 Å². The first-order valence-corrected chi connectivity index (χ1v) is 5.22. The maximum Gasteiger partial charge on any atom is 0.416 e. The summed E-state index contributed by atoms with van der Waals surface area (Å²) in [7, 11) is 0. The van der Waals surface area contributed by atoms with Crippen LogP contribution in [0.3, 0.4) is 0 Å². The van der Waals surface area contributed by atoms with Crippen molar-refractivity contribution in [2.24, 2.45) is 0 Å². The Morgan fingerprint density at radius 2 is 2.00 bits per heavy atom. The molecule has 2 nitrogen and oxygen atoms in total. The highest BCUT2D eigenvalue weighted by atomic mass is 19.4. The molecule has 1 saturated heterocycles. The van der Waals surface area contributed by atoms with Gasteiger partial charge in [0.2, 0.25) is 0 Å². The van der Waals surface area contributed by atoms with Gasteiger partial charge in [-0.1, -0.05) is 0 Å². The minimum absolute atomic E-state index is 0.253. The van der Waals surface area contributed by atoms with Crippen LogP contribution in [0, 0.1) is 5.82 Å². The highest BCUT2D eigenvalue weighted by molar-refractivity contribution is 5.44. The molecule has 6 heteroatoms. The fourth-order valence-corrected chi connectivity index (χ4v) is 2.14. The van der Waals surface area contributed by atoms with Gasteiger partial charge >= 0.3 is 6.18 Å². The van der Waals surface area contributed by atoms with Gasteiger partial charge in [0.1, 0.15) is 11.6 Å². The van der Waals surface area contributed by atoms with Crippen molar-refractivity contribution in [1.82, 2.24) is 5.32 Å². The molecule has 1 atom stereocenters. The number of hydrogen-bond donors (Lipinski definition) is 2. The van der Waals surface area contributed by atoms with Crippen molar-refractivity contribution in [2.45, 2.75) is 25.1 Å². The molecule has 94 valence electrons. The standard InChI is InChI=1S/C11H11F4NO/c12-6-4-7(11(13,14)15)10(9(17)5-6)8-2-1-3-16-8/h4-5,8,16-17H,1-3H2/t8-/m0/s1. The van der Waals surface area contributed by atoms with Crippen molar-refractivity contribution >= 4 is 0 Å². The van der Waals surface area contributed by atoms with Crippen molar-refractivity contribution in [3.05, 3.63) is 29.1 Å². The van der Waals surface area contributed by atoms with Crippen LogP contribution in [0.25, 0.3) is 0 Å². The normalized spacial score (nSPS) is 20.8. The van der Waals surface area contributed by atoms with Gasteiger partial charge in [-0.15, -0.1) is 0 Å². The molecule has 0 saturated carbocycles. The predicted molar refractivity (Wildman–Crippen MR) is 53.0 cm³/mol. The van der Waals surface area contributed by atoms with E-state index in [1.165, 1.54) is 0 Å². The van der Waals surface area contributed by atoms with Crippen molar-refractivity contribution < 1.29 is 22.7 Å². The minimum atomic E-state index is -4.67. The molecule has 0 aliphatic carbocycles. The van der Waals surface area contributed by atoms with Gasteiger partial charge in [0.15, 0.2) is 0 Å². The van der Waals surface area contributed by atoms with Gasteiger partial charge < -0.3 is 10.4 Å². The molecule has 0 amide bonds. The average molecular weight is 249 g/mol. The van der Waals surface area contributed by atoms with E-state index in [2.05, 4.69) is 5.32 Å². The van der Waals surface area contributed by atoms with E-state index in [0.717, 1.165) is 6.42 Å². The highest BCUT2D eigenvalue weighted by Gasteiger charge is 2.38. The predicted octanol–water partition coefficient (Wildman–Crippen LogP) is 2.97. The molecule has 1 aliphatic heterocycles. The lowest BCUT2D eigenvalue weighted by Crippen LogP contribution is -2.19. The lowest BCUT2D eigenvalue weighted by Gasteiger charge is -2.19. The number of nitrogens with one attached hydrogen (secondary N) is 1. The third kappa shape index (κ3) is 2.36. The summed E-state index contributed by atoms with van der Waals surface area (Å²) in [5.74, 6) is -1.73. The molecule has 2 N–H and O–H groups in total. The molecule has 0 aromatic heterocycles. The number of halogens is 4. The first-order chi connectivity index (χ1) is 7.89. The van der Waals surface area contributed by atoms with Crippen molar-refractivity contribution in [3.63, 3.8) is 0 Å². The van der Waals surface area contributed by atoms with Crippen molar-refractivity contribution in [1.29, 1.82) is 0 Å². The van der Waals surface area contributed by atoms with E-state index >= 15 is 0 Å². The Morgan fingerprint density at radius 1 is 1.29 bits per heavy atom. The summed E-state index contributed by atoms with van der Waals surface area (Å²) in [5, 5.41) is 12.4. The maximum absolute atomic E-state index is 12.9. The summed E-state index contributed by atoms with van der Waals surface area (Å²) in [4.78, 5) is 0. The molecular formula is C11H11F4NO. The van der Waals surface area contributed by atoms with E-state index < -0.39 is 29.3 Å². The highest BCUT2D eigenvalue weighted by Crippen LogP contribution is 2.41. The second kappa shape index (κ2) is 4.18. The molecule has 0 radical (unpaired) electrons. The Kier molecular flexibility index (Phi) is 2.99. The van der Waals surface area contributed by atoms with Crippen LogP contribution in [0.15, 0.2) is 12.1 Å². The van der Waals surface area contributed by atoms with E-state index in [-0.39, 0.29) is 5.56 Å². The monoisotopic (exact) mass is 249 g/mol. The fraction of sp³-hybridized carbons (Fsp3) is 0.455. The quantitative estimate of drug-likeness (QED) is 0.750. The Balaban J connectivity index is 2.54. The van der Waals surface area contributed by atoms with E-state index in [1.54, 1.807) is 0 Å². The number of hydrogen-bond acceptors (Lipinski definition) is 2. The molecule has 1 heterocycles. The smallest absolute Gasteiger partial charge is 0.416 e. The van der Waals surface area contributed by atoms with Crippen LogP contribution < -0.4 is 5.32 Å². The molecule has 0 unspecified atom stereocenters. The van der Waals surface area contributed by atoms with Gasteiger partial charge in [0.05, 0.1) is 5.56 Å². The van der Waals surface area contributed by atoms with Crippen LogP contribution in [0.4, 0.5) is 17.6 Å². The SMILES string of the molecule is Oc1cc(F)cc(C(F)(F)F)c1[C@@H]1CCCN1. The number of phenolic OH excluding ortho intramolecular Hbond substituents is 1. The Labute approximate surface area is 95.3 Å². The summed E-state index contributed by atoms with van der Waals surface area (Å²) in [5.41, 5.74) is -1.36. The lowest BCUT2D eigenvalue weighted by molar-refractivity contribution is -0.138. The molecular weight excluding hydrogens is 238 g/mol. The van der Waals surface area contributed by atoms with E-state index in [0.29, 0.717) is 25.1 Å². The van der Waals surface area contributed by atoms with E-state index in [4.69, 9.17) is 0 Å². The summed E-state index contributed by atoms with van der Waals surface area (Å²) in [6.45, 7) is 0.596. The maximum atomic E-state index is 12.9. The first-order valence-electron chi connectivity index (χ1n) is 5.22. The molecule has 1 fully saturated rings. The van der Waals surface area contributed by atoms with Gasteiger partial charge in [-0.05, 0) is 25.5 Å². The van der Waals surface area contributed by atoms with Crippen molar-refractivity contribution in [3.8, 4) is 5.75 Å². The number of rotatable bonds is 1. The van der Waals surface area contributed by atoms with Crippen LogP contribution in [0.1, 0.15) is 30.0 Å². The summed E-state index contributed by atoms with van der Waals surface area (Å²) < 4.78 is 51.2. The first kappa shape index (κ1) is 12.2. The fourth-order valence-electron chi connectivity index (χ4n) is 2.14. The van der Waals surface area contributed by atoms with Gasteiger partial charge in [0, 0.05) is 17.7 Å². The van der Waals surface area contributed by atoms with E-state index in [9.17, 15) is 22.7 Å². The van der Waals surface area contributed by atoms with Crippen LogP contribution in [0.2, 0.25) is 0 Å². The van der Waals surface area contributed by atoms with E-state index in [1.807, 2.05) is 0 Å². The van der Waals surface area contributed by atoms with Crippen molar-refractivity contribution in [2.75, 3.05) is 6.54 Å². The number of aromatic hydroxyl groups is 1. The largest absolute Gasteiger partial charge is 0.507 e. The Hall–Kier alpha value is -1.30. The number of benzene rings is 1. The molecule has 1 aromatic carbocycles. The van der Waals surface area contributed by atoms with Gasteiger partial charge in [0.25, 0.3) is 0 Å². The third-order valence-electron chi connectivity index (χ3n) is 2.84. The molecule has 1 aromatic rings. The Morgan fingerprint density at radius 3 is 2.53 bits per heavy atom. The van der Waals surface area contributed by atoms with Gasteiger partial charge in [-0.2, -0.15) is 13.2 Å². The van der Waals surface area contributed by atoms with Crippen LogP contribution in [-0.2, 0) is 6.18 Å². The minimum Gasteiger partial charge on any atom is -0.507 e. The number of phenols is 1. The third-order valence-corrected chi connectivity index (χ3v) is 2.84. The second-order valence-corrected chi connectivity index (χ2v) is 4.03. The summed E-state index contributed by atoms with van der Waals surface area (Å²) >= 11 is 0. The second-order valence-electron chi connectivity index (χ2n) is 4.03. The zero-order chi connectivity index (χ0) is 12.6. The summed E-state index contributed by atoms with van der Waals surface area (Å²) in [6, 6.07) is 0.576. The topological polar surface area (TPSA) is 32.3 Å². The average Bonchev–Trinajstić information content (AvgIpc) is 2.67.